The summed E-state index contributed by atoms with van der Waals surface area (Å²) in [6, 6.07) is 0.832. The Balaban J connectivity index is 1.57. The van der Waals surface area contributed by atoms with Crippen molar-refractivity contribution in [2.75, 3.05) is 19.6 Å². The number of nitrogens with two attached hydrogens (primary N) is 1. The summed E-state index contributed by atoms with van der Waals surface area (Å²) in [6.45, 7) is 3.63. The molecule has 1 aliphatic heterocycles. The maximum atomic E-state index is 5.92. The Kier molecular flexibility index (Phi) is 3.45. The van der Waals surface area contributed by atoms with Gasteiger partial charge in [-0.1, -0.05) is 19.3 Å². The summed E-state index contributed by atoms with van der Waals surface area (Å²) in [5, 5.41) is 0. The fourth-order valence-electron chi connectivity index (χ4n) is 4.73. The highest BCUT2D eigenvalue weighted by Gasteiger charge is 2.40. The van der Waals surface area contributed by atoms with E-state index >= 15 is 0 Å². The first-order valence-electron chi connectivity index (χ1n) is 7.77. The van der Waals surface area contributed by atoms with E-state index in [1.165, 1.54) is 70.9 Å². The van der Waals surface area contributed by atoms with Crippen molar-refractivity contribution in [3.63, 3.8) is 0 Å². The highest BCUT2D eigenvalue weighted by molar-refractivity contribution is 4.94. The maximum absolute atomic E-state index is 5.92. The molecule has 98 valence electrons. The third-order valence-electron chi connectivity index (χ3n) is 5.91. The van der Waals surface area contributed by atoms with Gasteiger partial charge in [0, 0.05) is 6.04 Å². The van der Waals surface area contributed by atoms with Gasteiger partial charge in [-0.05, 0) is 69.5 Å². The minimum absolute atomic E-state index is 0.771. The van der Waals surface area contributed by atoms with Crippen molar-refractivity contribution < 1.29 is 0 Å². The van der Waals surface area contributed by atoms with Crippen molar-refractivity contribution in [1.29, 1.82) is 0 Å². The van der Waals surface area contributed by atoms with E-state index in [4.69, 9.17) is 5.73 Å². The van der Waals surface area contributed by atoms with Gasteiger partial charge in [0.05, 0.1) is 0 Å². The van der Waals surface area contributed by atoms with Crippen LogP contribution in [0, 0.1) is 11.3 Å². The van der Waals surface area contributed by atoms with E-state index < -0.39 is 0 Å². The quantitative estimate of drug-likeness (QED) is 0.799. The van der Waals surface area contributed by atoms with Crippen molar-refractivity contribution >= 4 is 0 Å². The molecule has 2 atom stereocenters. The van der Waals surface area contributed by atoms with Crippen LogP contribution in [0.5, 0.6) is 0 Å². The molecule has 2 nitrogen and oxygen atoms in total. The van der Waals surface area contributed by atoms with E-state index in [-0.39, 0.29) is 0 Å². The van der Waals surface area contributed by atoms with E-state index in [1.54, 1.807) is 0 Å². The molecule has 0 bridgehead atoms. The van der Waals surface area contributed by atoms with Crippen LogP contribution < -0.4 is 5.73 Å². The molecule has 0 aromatic heterocycles. The molecule has 0 aromatic carbocycles. The van der Waals surface area contributed by atoms with Gasteiger partial charge < -0.3 is 10.6 Å². The highest BCUT2D eigenvalue weighted by atomic mass is 15.2. The van der Waals surface area contributed by atoms with Crippen LogP contribution in [0.2, 0.25) is 0 Å². The molecular formula is C15H28N2. The Labute approximate surface area is 106 Å². The van der Waals surface area contributed by atoms with Crippen LogP contribution in [0.1, 0.15) is 57.8 Å². The molecule has 2 unspecified atom stereocenters. The fraction of sp³-hybridized carbons (Fsp3) is 1.00. The average molecular weight is 236 g/mol. The standard InChI is InChI=1S/C15H28N2/c16-12-13-4-3-5-14(13)17-10-8-15(9-11-17)6-1-2-7-15/h13-14H,1-12,16H2. The number of piperidine rings is 1. The Morgan fingerprint density at radius 1 is 0.941 bits per heavy atom. The minimum Gasteiger partial charge on any atom is -0.330 e. The predicted molar refractivity (Wildman–Crippen MR) is 71.9 cm³/mol. The monoisotopic (exact) mass is 236 g/mol. The van der Waals surface area contributed by atoms with Gasteiger partial charge in [0.15, 0.2) is 0 Å². The second-order valence-corrected chi connectivity index (χ2v) is 6.74. The van der Waals surface area contributed by atoms with Gasteiger partial charge in [0.25, 0.3) is 0 Å². The molecule has 2 saturated carbocycles. The second-order valence-electron chi connectivity index (χ2n) is 6.74. The SMILES string of the molecule is NCC1CCCC1N1CCC2(CCCC2)CC1. The topological polar surface area (TPSA) is 29.3 Å². The summed E-state index contributed by atoms with van der Waals surface area (Å²) >= 11 is 0. The molecular weight excluding hydrogens is 208 g/mol. The second kappa shape index (κ2) is 4.89. The molecule has 3 aliphatic rings. The van der Waals surface area contributed by atoms with Crippen LogP contribution in [-0.2, 0) is 0 Å². The lowest BCUT2D eigenvalue weighted by Gasteiger charge is -2.43. The Morgan fingerprint density at radius 3 is 2.29 bits per heavy atom. The zero-order chi connectivity index (χ0) is 11.7. The Morgan fingerprint density at radius 2 is 1.65 bits per heavy atom. The molecule has 0 amide bonds. The lowest BCUT2D eigenvalue weighted by Crippen LogP contribution is -2.47. The van der Waals surface area contributed by atoms with Gasteiger partial charge in [0.2, 0.25) is 0 Å². The smallest absolute Gasteiger partial charge is 0.0136 e. The van der Waals surface area contributed by atoms with Crippen LogP contribution in [0.15, 0.2) is 0 Å². The van der Waals surface area contributed by atoms with Gasteiger partial charge >= 0.3 is 0 Å². The van der Waals surface area contributed by atoms with Gasteiger partial charge in [-0.3, -0.25) is 0 Å². The van der Waals surface area contributed by atoms with Crippen LogP contribution in [0.25, 0.3) is 0 Å². The van der Waals surface area contributed by atoms with Crippen LogP contribution >= 0.6 is 0 Å². The average Bonchev–Trinajstić information content (AvgIpc) is 3.00. The molecule has 17 heavy (non-hydrogen) atoms. The van der Waals surface area contributed by atoms with Crippen molar-refractivity contribution in [3.05, 3.63) is 0 Å². The zero-order valence-electron chi connectivity index (χ0n) is 11.2. The minimum atomic E-state index is 0.771. The van der Waals surface area contributed by atoms with Crippen molar-refractivity contribution in [2.24, 2.45) is 17.1 Å². The van der Waals surface area contributed by atoms with Gasteiger partial charge in [-0.25, -0.2) is 0 Å². The molecule has 2 heteroatoms. The van der Waals surface area contributed by atoms with E-state index in [0.717, 1.165) is 23.9 Å². The molecule has 3 fully saturated rings. The van der Waals surface area contributed by atoms with Crippen LogP contribution in [0.3, 0.4) is 0 Å². The van der Waals surface area contributed by atoms with Gasteiger partial charge in [-0.2, -0.15) is 0 Å². The molecule has 1 spiro atoms. The van der Waals surface area contributed by atoms with Crippen molar-refractivity contribution in [3.8, 4) is 0 Å². The van der Waals surface area contributed by atoms with E-state index in [1.807, 2.05) is 0 Å². The highest BCUT2D eigenvalue weighted by Crippen LogP contribution is 2.47. The van der Waals surface area contributed by atoms with Crippen molar-refractivity contribution in [1.82, 2.24) is 4.90 Å². The van der Waals surface area contributed by atoms with E-state index in [9.17, 15) is 0 Å². The molecule has 3 rings (SSSR count). The Bertz CT molecular complexity index is 248. The molecule has 1 saturated heterocycles. The van der Waals surface area contributed by atoms with E-state index in [0.29, 0.717) is 0 Å². The first-order valence-corrected chi connectivity index (χ1v) is 7.77. The molecule has 2 aliphatic carbocycles. The third kappa shape index (κ3) is 2.26. The lowest BCUT2D eigenvalue weighted by atomic mass is 9.76. The van der Waals surface area contributed by atoms with Crippen LogP contribution in [-0.4, -0.2) is 30.6 Å². The normalized spacial score (nSPS) is 37.9. The summed E-state index contributed by atoms with van der Waals surface area (Å²) in [5.74, 6) is 0.799. The molecule has 0 aromatic rings. The first kappa shape index (κ1) is 12.0. The summed E-state index contributed by atoms with van der Waals surface area (Å²) < 4.78 is 0. The molecule has 2 N–H and O–H groups in total. The van der Waals surface area contributed by atoms with Crippen molar-refractivity contribution in [2.45, 2.75) is 63.8 Å². The fourth-order valence-corrected chi connectivity index (χ4v) is 4.73. The Hall–Kier alpha value is -0.0800. The number of nitrogens with zero attached hydrogens (tertiary/aromatic N) is 1. The van der Waals surface area contributed by atoms with Crippen LogP contribution in [0.4, 0.5) is 0 Å². The number of rotatable bonds is 2. The number of hydrogen-bond acceptors (Lipinski definition) is 2. The van der Waals surface area contributed by atoms with Gasteiger partial charge in [-0.15, -0.1) is 0 Å². The summed E-state index contributed by atoms with van der Waals surface area (Å²) in [6.07, 6.45) is 13.2. The van der Waals surface area contributed by atoms with E-state index in [2.05, 4.69) is 4.90 Å². The van der Waals surface area contributed by atoms with Gasteiger partial charge in [0.1, 0.15) is 0 Å². The lowest BCUT2D eigenvalue weighted by molar-refractivity contribution is 0.0628. The summed E-state index contributed by atoms with van der Waals surface area (Å²) in [5.41, 5.74) is 6.69. The molecule has 0 radical (unpaired) electrons. The third-order valence-corrected chi connectivity index (χ3v) is 5.91. The summed E-state index contributed by atoms with van der Waals surface area (Å²) in [7, 11) is 0. The number of likely N-dealkylation sites (tertiary alicyclic amines) is 1. The predicted octanol–water partition coefficient (Wildman–Crippen LogP) is 2.77. The first-order chi connectivity index (χ1) is 8.33. The summed E-state index contributed by atoms with van der Waals surface area (Å²) in [4.78, 5) is 2.79. The number of hydrogen-bond donors (Lipinski definition) is 1. The maximum Gasteiger partial charge on any atom is 0.0136 e. The zero-order valence-corrected chi connectivity index (χ0v) is 11.2. The largest absolute Gasteiger partial charge is 0.330 e. The molecule has 1 heterocycles.